The number of carbonyl (C=O) groups is 2. The van der Waals surface area contributed by atoms with Gasteiger partial charge in [-0.25, -0.2) is 30.8 Å². The average molecular weight is 573 g/mol. The lowest BCUT2D eigenvalue weighted by atomic mass is 10.2. The highest BCUT2D eigenvalue weighted by molar-refractivity contribution is 7.90. The van der Waals surface area contributed by atoms with Crippen molar-refractivity contribution in [3.63, 3.8) is 0 Å². The molecular formula is C25H28N6O6S2. The van der Waals surface area contributed by atoms with Gasteiger partial charge >= 0.3 is 0 Å². The fraction of sp³-hybridized carbons (Fsp3) is 0.280. The Morgan fingerprint density at radius 1 is 0.974 bits per heavy atom. The van der Waals surface area contributed by atoms with Crippen molar-refractivity contribution in [1.82, 2.24) is 19.0 Å². The Balaban J connectivity index is 1.52. The van der Waals surface area contributed by atoms with E-state index < -0.39 is 37.1 Å². The minimum Gasteiger partial charge on any atom is -0.340 e. The van der Waals surface area contributed by atoms with E-state index in [0.717, 1.165) is 16.8 Å². The van der Waals surface area contributed by atoms with Crippen LogP contribution in [0.15, 0.2) is 59.6 Å². The highest BCUT2D eigenvalue weighted by Gasteiger charge is 2.41. The summed E-state index contributed by atoms with van der Waals surface area (Å²) in [5.41, 5.74) is 2.35. The number of aromatic nitrogens is 2. The number of nitrogens with one attached hydrogen (secondary N) is 3. The zero-order valence-corrected chi connectivity index (χ0v) is 23.1. The molecule has 206 valence electrons. The van der Waals surface area contributed by atoms with Crippen LogP contribution in [0.5, 0.6) is 0 Å². The van der Waals surface area contributed by atoms with Gasteiger partial charge in [0.15, 0.2) is 0 Å². The molecule has 0 spiro atoms. The molecule has 0 bridgehead atoms. The number of nitrogens with zero attached hydrogens (tertiary/aromatic N) is 3. The van der Waals surface area contributed by atoms with Gasteiger partial charge < -0.3 is 10.6 Å². The third kappa shape index (κ3) is 6.89. The molecule has 39 heavy (non-hydrogen) atoms. The molecule has 14 heteroatoms. The summed E-state index contributed by atoms with van der Waals surface area (Å²) < 4.78 is 52.8. The molecule has 1 heterocycles. The molecule has 4 rings (SSSR count). The number of amides is 2. The van der Waals surface area contributed by atoms with Crippen molar-refractivity contribution >= 4 is 55.0 Å². The van der Waals surface area contributed by atoms with Gasteiger partial charge in [0.2, 0.25) is 27.8 Å². The summed E-state index contributed by atoms with van der Waals surface area (Å²) >= 11 is 0. The predicted octanol–water partition coefficient (Wildman–Crippen LogP) is 2.94. The van der Waals surface area contributed by atoms with Crippen molar-refractivity contribution < 1.29 is 26.4 Å². The quantitative estimate of drug-likeness (QED) is 0.328. The third-order valence-electron chi connectivity index (χ3n) is 5.77. The highest BCUT2D eigenvalue weighted by atomic mass is 32.2. The van der Waals surface area contributed by atoms with Crippen LogP contribution in [-0.4, -0.2) is 48.2 Å². The van der Waals surface area contributed by atoms with Gasteiger partial charge in [-0.2, -0.15) is 4.98 Å². The fourth-order valence-electron chi connectivity index (χ4n) is 3.72. The molecule has 2 amide bonds. The number of aryl methyl sites for hydroxylation is 1. The lowest BCUT2D eigenvalue weighted by Gasteiger charge is -2.21. The largest absolute Gasteiger partial charge is 0.340 e. The summed E-state index contributed by atoms with van der Waals surface area (Å²) in [6.45, 7) is 4.08. The topological polar surface area (TPSA) is 168 Å². The van der Waals surface area contributed by atoms with E-state index in [4.69, 9.17) is 0 Å². The maximum absolute atomic E-state index is 12.7. The van der Waals surface area contributed by atoms with Crippen molar-refractivity contribution in [3.8, 4) is 0 Å². The molecule has 12 nitrogen and oxygen atoms in total. The van der Waals surface area contributed by atoms with Crippen LogP contribution in [0, 0.1) is 6.92 Å². The van der Waals surface area contributed by atoms with Gasteiger partial charge in [0.25, 0.3) is 10.0 Å². The zero-order chi connectivity index (χ0) is 28.4. The van der Waals surface area contributed by atoms with Gasteiger partial charge in [0.1, 0.15) is 5.82 Å². The normalized spacial score (nSPS) is 13.4. The number of hydrogen-bond acceptors (Lipinski definition) is 10. The Morgan fingerprint density at radius 2 is 1.64 bits per heavy atom. The van der Waals surface area contributed by atoms with E-state index in [1.54, 1.807) is 43.5 Å². The number of sulfonamides is 2. The molecule has 1 fully saturated rings. The van der Waals surface area contributed by atoms with Crippen LogP contribution in [0.2, 0.25) is 0 Å². The molecule has 0 aliphatic heterocycles. The monoisotopic (exact) mass is 572 g/mol. The molecule has 1 aliphatic carbocycles. The first-order valence-electron chi connectivity index (χ1n) is 12.0. The summed E-state index contributed by atoms with van der Waals surface area (Å²) in [6.07, 6.45) is 2.71. The number of carbonyl (C=O) groups excluding carboxylic acids is 2. The molecule has 0 unspecified atom stereocenters. The van der Waals surface area contributed by atoms with Crippen molar-refractivity contribution in [2.75, 3.05) is 10.6 Å². The number of hydrogen-bond donors (Lipinski definition) is 3. The maximum atomic E-state index is 12.7. The minimum atomic E-state index is -4.01. The summed E-state index contributed by atoms with van der Waals surface area (Å²) in [5.74, 6) is -0.586. The Bertz CT molecular complexity index is 1640. The second-order valence-electron chi connectivity index (χ2n) is 9.14. The van der Waals surface area contributed by atoms with E-state index in [0.29, 0.717) is 35.6 Å². The summed E-state index contributed by atoms with van der Waals surface area (Å²) in [4.78, 5) is 32.0. The first-order chi connectivity index (χ1) is 18.3. The molecule has 1 saturated carbocycles. The Morgan fingerprint density at radius 3 is 2.28 bits per heavy atom. The molecule has 0 atom stereocenters. The molecule has 2 aromatic carbocycles. The number of benzene rings is 2. The van der Waals surface area contributed by atoms with E-state index in [1.807, 2.05) is 4.72 Å². The van der Waals surface area contributed by atoms with E-state index in [-0.39, 0.29) is 17.4 Å². The first-order valence-corrected chi connectivity index (χ1v) is 15.0. The lowest BCUT2D eigenvalue weighted by Crippen LogP contribution is -2.37. The average Bonchev–Trinajstić information content (AvgIpc) is 3.70. The summed E-state index contributed by atoms with van der Waals surface area (Å²) in [5, 5.41) is 5.64. The van der Waals surface area contributed by atoms with Gasteiger partial charge in [0, 0.05) is 37.0 Å². The summed E-state index contributed by atoms with van der Waals surface area (Å²) in [7, 11) is -7.70. The second-order valence-corrected chi connectivity index (χ2v) is 13.0. The summed E-state index contributed by atoms with van der Waals surface area (Å²) in [6, 6.07) is 12.9. The lowest BCUT2D eigenvalue weighted by molar-refractivity contribution is -0.124. The molecule has 1 aliphatic rings. The molecule has 3 aromatic rings. The standard InChI is InChI=1S/C25H28N6O6S2/c1-16-14-26-25(28-21-8-5-9-23(13-21)38(34,35)30-17(2)32)29-24(16)27-20-7-4-6-19(12-20)15-31(18(3)33)39(36,37)22-10-11-22/h4-9,12-14,22H,10-11,15H2,1-3H3,(H,30,32)(H2,26,27,28,29). The van der Waals surface area contributed by atoms with Crippen LogP contribution >= 0.6 is 0 Å². The molecule has 3 N–H and O–H groups in total. The van der Waals surface area contributed by atoms with Crippen molar-refractivity contribution in [3.05, 3.63) is 65.9 Å². The molecular weight excluding hydrogens is 544 g/mol. The van der Waals surface area contributed by atoms with Gasteiger partial charge in [0.05, 0.1) is 16.7 Å². The minimum absolute atomic E-state index is 0.0724. The van der Waals surface area contributed by atoms with Crippen LogP contribution in [0.1, 0.15) is 37.8 Å². The van der Waals surface area contributed by atoms with E-state index in [1.165, 1.54) is 25.1 Å². The number of anilines is 4. The van der Waals surface area contributed by atoms with Crippen LogP contribution in [0.25, 0.3) is 0 Å². The Hall–Kier alpha value is -4.04. The van der Waals surface area contributed by atoms with Crippen molar-refractivity contribution in [2.45, 2.75) is 50.3 Å². The first kappa shape index (κ1) is 28.0. The second kappa shape index (κ2) is 11.0. The Kier molecular flexibility index (Phi) is 7.88. The SMILES string of the molecule is CC(=O)NS(=O)(=O)c1cccc(Nc2ncc(C)c(Nc3cccc(CN(C(C)=O)S(=O)(=O)C4CC4)c3)n2)c1. The van der Waals surface area contributed by atoms with Gasteiger partial charge in [-0.05, 0) is 55.7 Å². The van der Waals surface area contributed by atoms with Crippen LogP contribution in [0.3, 0.4) is 0 Å². The number of rotatable bonds is 10. The van der Waals surface area contributed by atoms with Crippen LogP contribution in [0.4, 0.5) is 23.1 Å². The predicted molar refractivity (Wildman–Crippen MR) is 145 cm³/mol. The third-order valence-corrected chi connectivity index (χ3v) is 9.52. The maximum Gasteiger partial charge on any atom is 0.264 e. The fourth-order valence-corrected chi connectivity index (χ4v) is 6.54. The Labute approximate surface area is 227 Å². The van der Waals surface area contributed by atoms with Gasteiger partial charge in [-0.3, -0.25) is 9.59 Å². The van der Waals surface area contributed by atoms with Crippen molar-refractivity contribution in [1.29, 1.82) is 0 Å². The zero-order valence-electron chi connectivity index (χ0n) is 21.5. The molecule has 1 aromatic heterocycles. The van der Waals surface area contributed by atoms with Crippen LogP contribution < -0.4 is 15.4 Å². The smallest absolute Gasteiger partial charge is 0.264 e. The van der Waals surface area contributed by atoms with Gasteiger partial charge in [-0.15, -0.1) is 0 Å². The molecule has 0 saturated heterocycles. The van der Waals surface area contributed by atoms with E-state index in [2.05, 4.69) is 20.6 Å². The van der Waals surface area contributed by atoms with Crippen LogP contribution in [-0.2, 0) is 36.2 Å². The van der Waals surface area contributed by atoms with Crippen molar-refractivity contribution in [2.24, 2.45) is 0 Å². The van der Waals surface area contributed by atoms with E-state index >= 15 is 0 Å². The van der Waals surface area contributed by atoms with Gasteiger partial charge in [-0.1, -0.05) is 18.2 Å². The molecule has 0 radical (unpaired) electrons. The van der Waals surface area contributed by atoms with E-state index in [9.17, 15) is 26.4 Å². The highest BCUT2D eigenvalue weighted by Crippen LogP contribution is 2.32.